The van der Waals surface area contributed by atoms with Gasteiger partial charge in [0.15, 0.2) is 5.16 Å². The third-order valence-corrected chi connectivity index (χ3v) is 3.58. The van der Waals surface area contributed by atoms with Crippen molar-refractivity contribution in [1.29, 1.82) is 0 Å². The quantitative estimate of drug-likeness (QED) is 0.672. The number of halogens is 1. The highest BCUT2D eigenvalue weighted by Gasteiger charge is 2.07. The zero-order chi connectivity index (χ0) is 14.5. The summed E-state index contributed by atoms with van der Waals surface area (Å²) < 4.78 is 0. The van der Waals surface area contributed by atoms with Crippen molar-refractivity contribution < 1.29 is 4.79 Å². The van der Waals surface area contributed by atoms with Crippen LogP contribution in [0.1, 0.15) is 5.56 Å². The van der Waals surface area contributed by atoms with Crippen LogP contribution in [0.15, 0.2) is 40.4 Å². The highest BCUT2D eigenvalue weighted by molar-refractivity contribution is 7.99. The highest BCUT2D eigenvalue weighted by atomic mass is 35.5. The Kier molecular flexibility index (Phi) is 4.81. The minimum Gasteiger partial charge on any atom is -0.325 e. The van der Waals surface area contributed by atoms with E-state index in [1.807, 2.05) is 13.0 Å². The standard InChI is InChI=1S/C13H12ClN3O2S/c1-8-2-3-9(14)6-10(8)16-12(19)7-20-13-15-5-4-11(18)17-13/h2-6H,7H2,1H3,(H,16,19)(H,15,17,18). The number of nitrogens with one attached hydrogen (secondary N) is 2. The number of aryl methyl sites for hydroxylation is 1. The Morgan fingerprint density at radius 3 is 3.00 bits per heavy atom. The second kappa shape index (κ2) is 6.58. The molecule has 2 N–H and O–H groups in total. The lowest BCUT2D eigenvalue weighted by molar-refractivity contribution is -0.113. The summed E-state index contributed by atoms with van der Waals surface area (Å²) in [4.78, 5) is 29.4. The zero-order valence-corrected chi connectivity index (χ0v) is 12.2. The molecule has 0 saturated heterocycles. The second-order valence-electron chi connectivity index (χ2n) is 4.04. The number of thioether (sulfide) groups is 1. The molecular formula is C13H12ClN3O2S. The molecule has 0 spiro atoms. The highest BCUT2D eigenvalue weighted by Crippen LogP contribution is 2.20. The van der Waals surface area contributed by atoms with Crippen molar-refractivity contribution in [3.63, 3.8) is 0 Å². The molecule has 0 bridgehead atoms. The molecule has 2 rings (SSSR count). The molecule has 0 aliphatic heterocycles. The van der Waals surface area contributed by atoms with Crippen LogP contribution in [0, 0.1) is 6.92 Å². The maximum atomic E-state index is 11.8. The smallest absolute Gasteiger partial charge is 0.251 e. The third-order valence-electron chi connectivity index (χ3n) is 2.46. The van der Waals surface area contributed by atoms with E-state index >= 15 is 0 Å². The van der Waals surface area contributed by atoms with E-state index in [0.29, 0.717) is 15.9 Å². The van der Waals surface area contributed by atoms with E-state index in [1.54, 1.807) is 12.1 Å². The van der Waals surface area contributed by atoms with E-state index < -0.39 is 0 Å². The molecule has 20 heavy (non-hydrogen) atoms. The van der Waals surface area contributed by atoms with Gasteiger partial charge < -0.3 is 10.3 Å². The summed E-state index contributed by atoms with van der Waals surface area (Å²) >= 11 is 7.04. The van der Waals surface area contributed by atoms with Gasteiger partial charge in [-0.25, -0.2) is 4.98 Å². The first-order chi connectivity index (χ1) is 9.54. The van der Waals surface area contributed by atoms with E-state index in [9.17, 15) is 9.59 Å². The summed E-state index contributed by atoms with van der Waals surface area (Å²) in [6.45, 7) is 1.88. The van der Waals surface area contributed by atoms with Gasteiger partial charge in [0.1, 0.15) is 0 Å². The van der Waals surface area contributed by atoms with Crippen molar-refractivity contribution in [1.82, 2.24) is 9.97 Å². The summed E-state index contributed by atoms with van der Waals surface area (Å²) in [5, 5.41) is 3.75. The number of anilines is 1. The summed E-state index contributed by atoms with van der Waals surface area (Å²) in [7, 11) is 0. The van der Waals surface area contributed by atoms with E-state index in [1.165, 1.54) is 12.3 Å². The molecule has 0 fully saturated rings. The van der Waals surface area contributed by atoms with Crippen LogP contribution in [-0.2, 0) is 4.79 Å². The monoisotopic (exact) mass is 309 g/mol. The van der Waals surface area contributed by atoms with Crippen LogP contribution in [0.3, 0.4) is 0 Å². The first-order valence-corrected chi connectivity index (χ1v) is 7.15. The molecule has 0 radical (unpaired) electrons. The lowest BCUT2D eigenvalue weighted by atomic mass is 10.2. The SMILES string of the molecule is Cc1ccc(Cl)cc1NC(=O)CSc1nccc(=O)[nH]1. The lowest BCUT2D eigenvalue weighted by Gasteiger charge is -2.08. The lowest BCUT2D eigenvalue weighted by Crippen LogP contribution is -2.15. The molecule has 104 valence electrons. The summed E-state index contributed by atoms with van der Waals surface area (Å²) in [5.74, 6) is -0.0364. The average molecular weight is 310 g/mol. The molecule has 1 aromatic heterocycles. The van der Waals surface area contributed by atoms with Crippen LogP contribution >= 0.6 is 23.4 Å². The number of H-pyrrole nitrogens is 1. The van der Waals surface area contributed by atoms with Crippen molar-refractivity contribution >= 4 is 35.0 Å². The van der Waals surface area contributed by atoms with Gasteiger partial charge in [0, 0.05) is 23.0 Å². The molecule has 0 aliphatic carbocycles. The van der Waals surface area contributed by atoms with Crippen molar-refractivity contribution in [2.45, 2.75) is 12.1 Å². The molecular weight excluding hydrogens is 298 g/mol. The fourth-order valence-electron chi connectivity index (χ4n) is 1.47. The number of hydrogen-bond donors (Lipinski definition) is 2. The van der Waals surface area contributed by atoms with E-state index in [0.717, 1.165) is 17.3 Å². The first-order valence-electron chi connectivity index (χ1n) is 5.79. The molecule has 7 heteroatoms. The molecule has 5 nitrogen and oxygen atoms in total. The van der Waals surface area contributed by atoms with Gasteiger partial charge in [-0.15, -0.1) is 0 Å². The predicted molar refractivity (Wildman–Crippen MR) is 80.4 cm³/mol. The Bertz CT molecular complexity index is 687. The maximum Gasteiger partial charge on any atom is 0.251 e. The van der Waals surface area contributed by atoms with Gasteiger partial charge in [0.25, 0.3) is 5.56 Å². The van der Waals surface area contributed by atoms with Crippen molar-refractivity contribution in [2.75, 3.05) is 11.1 Å². The fourth-order valence-corrected chi connectivity index (χ4v) is 2.29. The third kappa shape index (κ3) is 4.11. The molecule has 1 aromatic carbocycles. The van der Waals surface area contributed by atoms with Gasteiger partial charge in [-0.05, 0) is 24.6 Å². The van der Waals surface area contributed by atoms with Crippen LogP contribution in [0.4, 0.5) is 5.69 Å². The number of hydrogen-bond acceptors (Lipinski definition) is 4. The van der Waals surface area contributed by atoms with Crippen molar-refractivity contribution in [2.24, 2.45) is 0 Å². The minimum absolute atomic E-state index is 0.152. The average Bonchev–Trinajstić information content (AvgIpc) is 2.41. The first kappa shape index (κ1) is 14.6. The second-order valence-corrected chi connectivity index (χ2v) is 5.44. The summed E-state index contributed by atoms with van der Waals surface area (Å²) in [6.07, 6.45) is 1.40. The molecule has 0 saturated carbocycles. The fraction of sp³-hybridized carbons (Fsp3) is 0.154. The minimum atomic E-state index is -0.242. The number of aromatic nitrogens is 2. The Morgan fingerprint density at radius 1 is 1.45 bits per heavy atom. The molecule has 1 amide bonds. The van der Waals surface area contributed by atoms with Gasteiger partial charge in [-0.2, -0.15) is 0 Å². The molecule has 0 aliphatic rings. The largest absolute Gasteiger partial charge is 0.325 e. The van der Waals surface area contributed by atoms with Crippen LogP contribution in [0.2, 0.25) is 5.02 Å². The maximum absolute atomic E-state index is 11.8. The zero-order valence-electron chi connectivity index (χ0n) is 10.6. The number of aromatic amines is 1. The van der Waals surface area contributed by atoms with Gasteiger partial charge >= 0.3 is 0 Å². The molecule has 0 atom stereocenters. The summed E-state index contributed by atoms with van der Waals surface area (Å²) in [6, 6.07) is 6.61. The number of nitrogens with zero attached hydrogens (tertiary/aromatic N) is 1. The summed E-state index contributed by atoms with van der Waals surface area (Å²) in [5.41, 5.74) is 1.37. The predicted octanol–water partition coefficient (Wildman–Crippen LogP) is 2.46. The molecule has 0 unspecified atom stereocenters. The van der Waals surface area contributed by atoms with Gasteiger partial charge in [0.2, 0.25) is 5.91 Å². The van der Waals surface area contributed by atoms with Crippen LogP contribution < -0.4 is 10.9 Å². The topological polar surface area (TPSA) is 74.8 Å². The molecule has 2 aromatic rings. The number of benzene rings is 1. The van der Waals surface area contributed by atoms with Gasteiger partial charge in [-0.3, -0.25) is 9.59 Å². The van der Waals surface area contributed by atoms with E-state index in [4.69, 9.17) is 11.6 Å². The Hall–Kier alpha value is -1.79. The van der Waals surface area contributed by atoms with E-state index in [-0.39, 0.29) is 17.2 Å². The number of carbonyl (C=O) groups is 1. The Balaban J connectivity index is 1.96. The number of carbonyl (C=O) groups excluding carboxylic acids is 1. The van der Waals surface area contributed by atoms with Crippen LogP contribution in [0.5, 0.6) is 0 Å². The Labute approximate surface area is 124 Å². The van der Waals surface area contributed by atoms with Crippen LogP contribution in [-0.4, -0.2) is 21.6 Å². The van der Waals surface area contributed by atoms with Gasteiger partial charge in [0.05, 0.1) is 5.75 Å². The van der Waals surface area contributed by atoms with Crippen LogP contribution in [0.25, 0.3) is 0 Å². The number of rotatable bonds is 4. The van der Waals surface area contributed by atoms with Crippen molar-refractivity contribution in [3.8, 4) is 0 Å². The Morgan fingerprint density at radius 2 is 2.25 bits per heavy atom. The number of amides is 1. The normalized spacial score (nSPS) is 10.3. The van der Waals surface area contributed by atoms with E-state index in [2.05, 4.69) is 15.3 Å². The van der Waals surface area contributed by atoms with Gasteiger partial charge in [-0.1, -0.05) is 29.4 Å². The van der Waals surface area contributed by atoms with Crippen molar-refractivity contribution in [3.05, 3.63) is 51.4 Å². The molecule has 1 heterocycles.